The molecule has 1 amide bonds. The zero-order chi connectivity index (χ0) is 19.2. The predicted molar refractivity (Wildman–Crippen MR) is 117 cm³/mol. The number of hydrogen-bond acceptors (Lipinski definition) is 5. The van der Waals surface area contributed by atoms with Gasteiger partial charge in [0.05, 0.1) is 11.4 Å². The van der Waals surface area contributed by atoms with E-state index in [0.717, 1.165) is 49.2 Å². The van der Waals surface area contributed by atoms with E-state index >= 15 is 0 Å². The molecule has 2 heterocycles. The first-order chi connectivity index (χ1) is 13.8. The number of carbonyl (C=O) groups excluding carboxylic acids is 1. The quantitative estimate of drug-likeness (QED) is 0.740. The second kappa shape index (κ2) is 9.43. The van der Waals surface area contributed by atoms with E-state index < -0.39 is 0 Å². The van der Waals surface area contributed by atoms with Crippen molar-refractivity contribution in [3.63, 3.8) is 0 Å². The SMILES string of the molecule is O=C(CSCc1ccccn1)Nc1cccc(N2CCN(CC3CC3)CC2)c1. The summed E-state index contributed by atoms with van der Waals surface area (Å²) in [5, 5.41) is 3.03. The summed E-state index contributed by atoms with van der Waals surface area (Å²) >= 11 is 1.59. The van der Waals surface area contributed by atoms with Crippen molar-refractivity contribution in [1.29, 1.82) is 0 Å². The Hall–Kier alpha value is -2.05. The summed E-state index contributed by atoms with van der Waals surface area (Å²) in [6, 6.07) is 14.1. The zero-order valence-electron chi connectivity index (χ0n) is 16.2. The normalized spacial score (nSPS) is 17.5. The first kappa shape index (κ1) is 19.3. The number of hydrogen-bond donors (Lipinski definition) is 1. The Kier molecular flexibility index (Phi) is 6.49. The lowest BCUT2D eigenvalue weighted by molar-refractivity contribution is -0.113. The molecular weight excluding hydrogens is 368 g/mol. The van der Waals surface area contributed by atoms with Crippen LogP contribution >= 0.6 is 11.8 Å². The van der Waals surface area contributed by atoms with Gasteiger partial charge in [-0.15, -0.1) is 11.8 Å². The lowest BCUT2D eigenvalue weighted by Gasteiger charge is -2.36. The van der Waals surface area contributed by atoms with E-state index in [4.69, 9.17) is 0 Å². The number of thioether (sulfide) groups is 1. The molecule has 0 spiro atoms. The molecular formula is C22H28N4OS. The van der Waals surface area contributed by atoms with Gasteiger partial charge >= 0.3 is 0 Å². The molecule has 2 fully saturated rings. The van der Waals surface area contributed by atoms with Crippen LogP contribution in [-0.2, 0) is 10.5 Å². The Bertz CT molecular complexity index is 773. The van der Waals surface area contributed by atoms with Crippen LogP contribution in [-0.4, -0.2) is 54.3 Å². The molecule has 1 aromatic carbocycles. The Morgan fingerprint density at radius 2 is 1.96 bits per heavy atom. The summed E-state index contributed by atoms with van der Waals surface area (Å²) in [7, 11) is 0. The second-order valence-electron chi connectivity index (χ2n) is 7.64. The van der Waals surface area contributed by atoms with Crippen molar-refractivity contribution in [2.45, 2.75) is 18.6 Å². The van der Waals surface area contributed by atoms with Gasteiger partial charge < -0.3 is 10.2 Å². The van der Waals surface area contributed by atoms with Crippen molar-refractivity contribution < 1.29 is 4.79 Å². The molecule has 1 saturated carbocycles. The van der Waals surface area contributed by atoms with E-state index in [-0.39, 0.29) is 5.91 Å². The van der Waals surface area contributed by atoms with Gasteiger partial charge in [0.1, 0.15) is 0 Å². The third-order valence-electron chi connectivity index (χ3n) is 5.29. The summed E-state index contributed by atoms with van der Waals surface area (Å²) < 4.78 is 0. The highest BCUT2D eigenvalue weighted by molar-refractivity contribution is 7.99. The number of amides is 1. The fourth-order valence-corrected chi connectivity index (χ4v) is 4.30. The topological polar surface area (TPSA) is 48.5 Å². The molecule has 0 bridgehead atoms. The van der Waals surface area contributed by atoms with Gasteiger partial charge in [0.2, 0.25) is 5.91 Å². The van der Waals surface area contributed by atoms with Crippen LogP contribution in [0.5, 0.6) is 0 Å². The molecule has 1 aliphatic heterocycles. The maximum Gasteiger partial charge on any atom is 0.234 e. The van der Waals surface area contributed by atoms with Crippen LogP contribution in [0.4, 0.5) is 11.4 Å². The van der Waals surface area contributed by atoms with Crippen LogP contribution in [0.15, 0.2) is 48.7 Å². The molecule has 2 aromatic rings. The van der Waals surface area contributed by atoms with Crippen molar-refractivity contribution in [2.24, 2.45) is 5.92 Å². The molecule has 5 nitrogen and oxygen atoms in total. The Morgan fingerprint density at radius 3 is 2.71 bits per heavy atom. The van der Waals surface area contributed by atoms with Crippen LogP contribution < -0.4 is 10.2 Å². The van der Waals surface area contributed by atoms with Crippen molar-refractivity contribution >= 4 is 29.0 Å². The van der Waals surface area contributed by atoms with E-state index in [2.05, 4.69) is 32.2 Å². The maximum atomic E-state index is 12.3. The van der Waals surface area contributed by atoms with E-state index in [0.29, 0.717) is 5.75 Å². The summed E-state index contributed by atoms with van der Waals surface area (Å²) in [6.07, 6.45) is 4.62. The molecule has 0 atom stereocenters. The van der Waals surface area contributed by atoms with Crippen molar-refractivity contribution in [1.82, 2.24) is 9.88 Å². The largest absolute Gasteiger partial charge is 0.369 e. The molecule has 2 aliphatic rings. The minimum Gasteiger partial charge on any atom is -0.369 e. The smallest absolute Gasteiger partial charge is 0.234 e. The molecule has 1 N–H and O–H groups in total. The van der Waals surface area contributed by atoms with Crippen molar-refractivity contribution in [3.05, 3.63) is 54.4 Å². The molecule has 148 valence electrons. The minimum atomic E-state index is 0.0346. The summed E-state index contributed by atoms with van der Waals surface area (Å²) in [6.45, 7) is 5.67. The van der Waals surface area contributed by atoms with E-state index in [1.54, 1.807) is 18.0 Å². The summed E-state index contributed by atoms with van der Waals surface area (Å²) in [5.74, 6) is 2.17. The number of benzene rings is 1. The van der Waals surface area contributed by atoms with Crippen molar-refractivity contribution in [2.75, 3.05) is 48.7 Å². The number of pyridine rings is 1. The highest BCUT2D eigenvalue weighted by Crippen LogP contribution is 2.30. The number of rotatable bonds is 8. The second-order valence-corrected chi connectivity index (χ2v) is 8.63. The molecule has 0 unspecified atom stereocenters. The lowest BCUT2D eigenvalue weighted by atomic mass is 10.2. The van der Waals surface area contributed by atoms with Gasteiger partial charge in [-0.05, 0) is 49.1 Å². The van der Waals surface area contributed by atoms with E-state index in [1.165, 1.54) is 25.1 Å². The number of aromatic nitrogens is 1. The molecule has 1 saturated heterocycles. The van der Waals surface area contributed by atoms with Crippen molar-refractivity contribution in [3.8, 4) is 0 Å². The predicted octanol–water partition coefficient (Wildman–Crippen LogP) is 3.49. The average Bonchev–Trinajstić information content (AvgIpc) is 3.54. The van der Waals surface area contributed by atoms with Crippen LogP contribution in [0, 0.1) is 5.92 Å². The van der Waals surface area contributed by atoms with Gasteiger partial charge in [-0.25, -0.2) is 0 Å². The summed E-state index contributed by atoms with van der Waals surface area (Å²) in [5.41, 5.74) is 3.08. The third kappa shape index (κ3) is 5.72. The van der Waals surface area contributed by atoms with Crippen LogP contribution in [0.1, 0.15) is 18.5 Å². The number of nitrogens with zero attached hydrogens (tertiary/aromatic N) is 3. The highest BCUT2D eigenvalue weighted by atomic mass is 32.2. The standard InChI is InChI=1S/C22H28N4OS/c27-22(17-28-16-20-4-1-2-9-23-20)24-19-5-3-6-21(14-19)26-12-10-25(11-13-26)15-18-7-8-18/h1-6,9,14,18H,7-8,10-13,15-17H2,(H,24,27). The molecule has 0 radical (unpaired) electrons. The fraction of sp³-hybridized carbons (Fsp3) is 0.455. The molecule has 28 heavy (non-hydrogen) atoms. The first-order valence-corrected chi connectivity index (χ1v) is 11.3. The zero-order valence-corrected chi connectivity index (χ0v) is 17.0. The summed E-state index contributed by atoms with van der Waals surface area (Å²) in [4.78, 5) is 21.6. The molecule has 1 aliphatic carbocycles. The number of carbonyl (C=O) groups is 1. The average molecular weight is 397 g/mol. The Balaban J connectivity index is 1.23. The number of piperazine rings is 1. The van der Waals surface area contributed by atoms with E-state index in [1.807, 2.05) is 30.3 Å². The first-order valence-electron chi connectivity index (χ1n) is 10.1. The molecule has 1 aromatic heterocycles. The third-order valence-corrected chi connectivity index (χ3v) is 6.26. The molecule has 6 heteroatoms. The van der Waals surface area contributed by atoms with Gasteiger partial charge in [0, 0.05) is 56.0 Å². The van der Waals surface area contributed by atoms with E-state index in [9.17, 15) is 4.79 Å². The fourth-order valence-electron chi connectivity index (χ4n) is 3.56. The van der Waals surface area contributed by atoms with Crippen LogP contribution in [0.3, 0.4) is 0 Å². The van der Waals surface area contributed by atoms with Gasteiger partial charge in [-0.3, -0.25) is 14.7 Å². The van der Waals surface area contributed by atoms with Crippen LogP contribution in [0.2, 0.25) is 0 Å². The number of anilines is 2. The van der Waals surface area contributed by atoms with Gasteiger partial charge in [-0.1, -0.05) is 12.1 Å². The Labute approximate surface area is 171 Å². The number of nitrogens with one attached hydrogen (secondary N) is 1. The van der Waals surface area contributed by atoms with Gasteiger partial charge in [0.25, 0.3) is 0 Å². The Morgan fingerprint density at radius 1 is 1.11 bits per heavy atom. The monoisotopic (exact) mass is 396 g/mol. The van der Waals surface area contributed by atoms with Gasteiger partial charge in [-0.2, -0.15) is 0 Å². The maximum absolute atomic E-state index is 12.3. The van der Waals surface area contributed by atoms with Gasteiger partial charge in [0.15, 0.2) is 0 Å². The highest BCUT2D eigenvalue weighted by Gasteiger charge is 2.26. The van der Waals surface area contributed by atoms with Crippen LogP contribution in [0.25, 0.3) is 0 Å². The molecule has 4 rings (SSSR count). The lowest BCUT2D eigenvalue weighted by Crippen LogP contribution is -2.47. The minimum absolute atomic E-state index is 0.0346.